The van der Waals surface area contributed by atoms with Gasteiger partial charge in [-0.3, -0.25) is 0 Å². The van der Waals surface area contributed by atoms with E-state index >= 15 is 0 Å². The zero-order valence-electron chi connectivity index (χ0n) is 10.5. The Bertz CT molecular complexity index is 295. The Morgan fingerprint density at radius 1 is 1.56 bits per heavy atom. The van der Waals surface area contributed by atoms with E-state index in [0.29, 0.717) is 25.6 Å². The highest BCUT2D eigenvalue weighted by Gasteiger charge is 2.24. The second kappa shape index (κ2) is 7.17. The maximum atomic E-state index is 11.7. The summed E-state index contributed by atoms with van der Waals surface area (Å²) in [7, 11) is 1.63. The van der Waals surface area contributed by atoms with E-state index in [-0.39, 0.29) is 12.6 Å². The third-order valence-electron chi connectivity index (χ3n) is 2.94. The first-order chi connectivity index (χ1) is 8.54. The van der Waals surface area contributed by atoms with Crippen LogP contribution in [-0.2, 0) is 9.53 Å². The highest BCUT2D eigenvalue weighted by Crippen LogP contribution is 2.16. The third-order valence-corrected chi connectivity index (χ3v) is 2.94. The van der Waals surface area contributed by atoms with Gasteiger partial charge in [0.1, 0.15) is 0 Å². The number of likely N-dealkylation sites (tertiary alicyclic amines) is 1. The molecule has 0 aromatic carbocycles. The highest BCUT2D eigenvalue weighted by molar-refractivity contribution is 5.76. The molecule has 0 aliphatic carbocycles. The number of amides is 2. The van der Waals surface area contributed by atoms with E-state index in [4.69, 9.17) is 14.9 Å². The van der Waals surface area contributed by atoms with Crippen molar-refractivity contribution in [3.05, 3.63) is 0 Å². The minimum atomic E-state index is -1.56. The Kier molecular flexibility index (Phi) is 5.87. The lowest BCUT2D eigenvalue weighted by Crippen LogP contribution is -2.48. The van der Waals surface area contributed by atoms with E-state index in [1.807, 2.05) is 0 Å². The van der Waals surface area contributed by atoms with Crippen LogP contribution in [0.5, 0.6) is 0 Å². The molecule has 7 heteroatoms. The molecule has 2 amide bonds. The minimum absolute atomic E-state index is 0.278. The van der Waals surface area contributed by atoms with Crippen LogP contribution in [0.3, 0.4) is 0 Å². The van der Waals surface area contributed by atoms with Crippen molar-refractivity contribution < 1.29 is 24.5 Å². The summed E-state index contributed by atoms with van der Waals surface area (Å²) in [6.07, 6.45) is 0.367. The number of methoxy groups -OCH3 is 1. The molecule has 0 aromatic heterocycles. The fraction of sp³-hybridized carbons (Fsp3) is 0.818. The molecule has 0 bridgehead atoms. The maximum absolute atomic E-state index is 11.7. The molecule has 3 N–H and O–H groups in total. The lowest BCUT2D eigenvalue weighted by molar-refractivity contribution is -0.146. The van der Waals surface area contributed by atoms with Gasteiger partial charge in [-0.25, -0.2) is 9.59 Å². The number of carbonyl (C=O) groups is 2. The molecule has 104 valence electrons. The Labute approximate surface area is 106 Å². The summed E-state index contributed by atoms with van der Waals surface area (Å²) in [5.41, 5.74) is 0. The van der Waals surface area contributed by atoms with Crippen molar-refractivity contribution in [2.75, 3.05) is 33.4 Å². The van der Waals surface area contributed by atoms with Gasteiger partial charge in [0.2, 0.25) is 0 Å². The van der Waals surface area contributed by atoms with E-state index < -0.39 is 12.1 Å². The zero-order valence-corrected chi connectivity index (χ0v) is 10.5. The molecular weight excluding hydrogens is 240 g/mol. The number of nitrogens with zero attached hydrogens (tertiary/aromatic N) is 1. The summed E-state index contributed by atoms with van der Waals surface area (Å²) in [5, 5.41) is 20.0. The first kappa shape index (κ1) is 14.7. The summed E-state index contributed by atoms with van der Waals surface area (Å²) < 4.78 is 5.06. The van der Waals surface area contributed by atoms with Crippen LogP contribution in [0.4, 0.5) is 4.79 Å². The second-order valence-electron chi connectivity index (χ2n) is 4.45. The number of aliphatic hydroxyl groups is 1. The number of aliphatic carboxylic acids is 1. The van der Waals surface area contributed by atoms with Crippen molar-refractivity contribution in [3.8, 4) is 0 Å². The smallest absolute Gasteiger partial charge is 0.334 e. The number of rotatable bonds is 5. The number of nitrogens with one attached hydrogen (secondary N) is 1. The van der Waals surface area contributed by atoms with Crippen molar-refractivity contribution >= 4 is 12.0 Å². The normalized spacial score (nSPS) is 21.4. The van der Waals surface area contributed by atoms with Gasteiger partial charge in [-0.05, 0) is 12.8 Å². The third kappa shape index (κ3) is 4.50. The molecular formula is C11H20N2O5. The number of ether oxygens (including phenoxy) is 1. The van der Waals surface area contributed by atoms with Crippen LogP contribution < -0.4 is 5.32 Å². The first-order valence-electron chi connectivity index (χ1n) is 5.97. The standard InChI is InChI=1S/C11H20N2O5/c1-18-7-8-3-2-4-13(6-8)11(17)12-5-9(14)10(15)16/h8-9,14H,2-7H2,1H3,(H,12,17)(H,15,16). The van der Waals surface area contributed by atoms with Crippen molar-refractivity contribution in [2.24, 2.45) is 5.92 Å². The van der Waals surface area contributed by atoms with E-state index in [0.717, 1.165) is 12.8 Å². The number of carboxylic acids is 1. The molecule has 0 radical (unpaired) electrons. The van der Waals surface area contributed by atoms with Crippen molar-refractivity contribution in [1.82, 2.24) is 10.2 Å². The molecule has 1 rings (SSSR count). The average Bonchev–Trinajstić information content (AvgIpc) is 2.36. The zero-order chi connectivity index (χ0) is 13.5. The fourth-order valence-corrected chi connectivity index (χ4v) is 2.00. The second-order valence-corrected chi connectivity index (χ2v) is 4.45. The number of carbonyl (C=O) groups excluding carboxylic acids is 1. The predicted octanol–water partition coefficient (Wildman–Crippen LogP) is -0.500. The lowest BCUT2D eigenvalue weighted by Gasteiger charge is -2.32. The number of carboxylic acid groups (broad SMARTS) is 1. The van der Waals surface area contributed by atoms with Gasteiger partial charge in [0, 0.05) is 26.1 Å². The van der Waals surface area contributed by atoms with Crippen LogP contribution in [0.25, 0.3) is 0 Å². The van der Waals surface area contributed by atoms with Crippen molar-refractivity contribution in [3.63, 3.8) is 0 Å². The average molecular weight is 260 g/mol. The molecule has 1 fully saturated rings. The molecule has 2 atom stereocenters. The molecule has 1 heterocycles. The Balaban J connectivity index is 2.34. The SMILES string of the molecule is COCC1CCCN(C(=O)NCC(O)C(=O)O)C1. The molecule has 2 unspecified atom stereocenters. The Hall–Kier alpha value is -1.34. The van der Waals surface area contributed by atoms with Gasteiger partial charge in [0.25, 0.3) is 0 Å². The van der Waals surface area contributed by atoms with Crippen LogP contribution in [0.2, 0.25) is 0 Å². The molecule has 18 heavy (non-hydrogen) atoms. The molecule has 0 spiro atoms. The molecule has 1 aliphatic rings. The highest BCUT2D eigenvalue weighted by atomic mass is 16.5. The largest absolute Gasteiger partial charge is 0.479 e. The van der Waals surface area contributed by atoms with Crippen LogP contribution >= 0.6 is 0 Å². The van der Waals surface area contributed by atoms with Crippen LogP contribution in [0, 0.1) is 5.92 Å². The number of piperidine rings is 1. The molecule has 1 saturated heterocycles. The number of hydrogen-bond acceptors (Lipinski definition) is 4. The topological polar surface area (TPSA) is 99.1 Å². The van der Waals surface area contributed by atoms with Gasteiger partial charge in [0.05, 0.1) is 13.2 Å². The van der Waals surface area contributed by atoms with E-state index in [9.17, 15) is 9.59 Å². The summed E-state index contributed by atoms with van der Waals surface area (Å²) in [5.74, 6) is -1.02. The van der Waals surface area contributed by atoms with Crippen LogP contribution in [-0.4, -0.2) is 66.6 Å². The fourth-order valence-electron chi connectivity index (χ4n) is 2.00. The summed E-state index contributed by atoms with van der Waals surface area (Å²) in [6, 6.07) is -0.337. The van der Waals surface area contributed by atoms with Crippen molar-refractivity contribution in [1.29, 1.82) is 0 Å². The van der Waals surface area contributed by atoms with Gasteiger partial charge in [-0.1, -0.05) is 0 Å². The molecule has 0 aromatic rings. The quantitative estimate of drug-likeness (QED) is 0.619. The predicted molar refractivity (Wildman–Crippen MR) is 63.2 cm³/mol. The van der Waals surface area contributed by atoms with E-state index in [1.54, 1.807) is 12.0 Å². The van der Waals surface area contributed by atoms with Gasteiger partial charge in [0.15, 0.2) is 6.10 Å². The number of urea groups is 1. The summed E-state index contributed by atoms with van der Waals surface area (Å²) in [4.78, 5) is 23.8. The minimum Gasteiger partial charge on any atom is -0.479 e. The van der Waals surface area contributed by atoms with Gasteiger partial charge in [-0.2, -0.15) is 0 Å². The summed E-state index contributed by atoms with van der Waals surface area (Å²) >= 11 is 0. The van der Waals surface area contributed by atoms with Gasteiger partial charge < -0.3 is 25.2 Å². The number of aliphatic hydroxyl groups excluding tert-OH is 1. The Morgan fingerprint density at radius 2 is 2.28 bits per heavy atom. The molecule has 0 saturated carbocycles. The molecule has 7 nitrogen and oxygen atoms in total. The van der Waals surface area contributed by atoms with Gasteiger partial charge in [-0.15, -0.1) is 0 Å². The maximum Gasteiger partial charge on any atom is 0.334 e. The number of hydrogen-bond donors (Lipinski definition) is 3. The van der Waals surface area contributed by atoms with Crippen LogP contribution in [0.15, 0.2) is 0 Å². The lowest BCUT2D eigenvalue weighted by atomic mass is 9.99. The van der Waals surface area contributed by atoms with Crippen molar-refractivity contribution in [2.45, 2.75) is 18.9 Å². The molecule has 1 aliphatic heterocycles. The summed E-state index contributed by atoms with van der Waals surface area (Å²) in [6.45, 7) is 1.58. The first-order valence-corrected chi connectivity index (χ1v) is 5.97. The Morgan fingerprint density at radius 3 is 2.89 bits per heavy atom. The van der Waals surface area contributed by atoms with Gasteiger partial charge >= 0.3 is 12.0 Å². The van der Waals surface area contributed by atoms with E-state index in [1.165, 1.54) is 0 Å². The monoisotopic (exact) mass is 260 g/mol. The van der Waals surface area contributed by atoms with Crippen LogP contribution in [0.1, 0.15) is 12.8 Å². The van der Waals surface area contributed by atoms with E-state index in [2.05, 4.69) is 5.32 Å².